The molecule has 0 unspecified atom stereocenters. The van der Waals surface area contributed by atoms with Gasteiger partial charge in [0.15, 0.2) is 17.3 Å². The lowest BCUT2D eigenvalue weighted by molar-refractivity contribution is 0.0919. The fraction of sp³-hybridized carbons (Fsp3) is 0.292. The number of carbonyl (C=O) groups is 1. The van der Waals surface area contributed by atoms with Gasteiger partial charge >= 0.3 is 0 Å². The Morgan fingerprint density at radius 1 is 1.00 bits per heavy atom. The fourth-order valence-corrected chi connectivity index (χ4v) is 3.53. The number of para-hydroxylation sites is 2. The third-order valence-electron chi connectivity index (χ3n) is 5.19. The molecule has 0 spiro atoms. The lowest BCUT2D eigenvalue weighted by Gasteiger charge is -2.17. The maximum Gasteiger partial charge on any atom is 0.287 e. The summed E-state index contributed by atoms with van der Waals surface area (Å²) in [5.41, 5.74) is 2.30. The van der Waals surface area contributed by atoms with E-state index in [1.165, 1.54) is 18.5 Å². The van der Waals surface area contributed by atoms with Crippen LogP contribution < -0.4 is 19.7 Å². The van der Waals surface area contributed by atoms with Crippen LogP contribution in [0.4, 0.5) is 5.69 Å². The van der Waals surface area contributed by atoms with Crippen molar-refractivity contribution in [3.05, 3.63) is 77.7 Å². The molecule has 1 saturated heterocycles. The van der Waals surface area contributed by atoms with Crippen LogP contribution in [0.5, 0.6) is 11.5 Å². The molecule has 30 heavy (non-hydrogen) atoms. The Morgan fingerprint density at radius 3 is 2.47 bits per heavy atom. The summed E-state index contributed by atoms with van der Waals surface area (Å²) in [4.78, 5) is 14.8. The molecule has 3 aromatic rings. The molecule has 1 aromatic heterocycles. The Balaban J connectivity index is 1.28. The van der Waals surface area contributed by atoms with Gasteiger partial charge in [-0.05, 0) is 54.8 Å². The summed E-state index contributed by atoms with van der Waals surface area (Å²) in [7, 11) is 1.59. The lowest BCUT2D eigenvalue weighted by Crippen LogP contribution is -2.22. The summed E-state index contributed by atoms with van der Waals surface area (Å²) in [6, 6.07) is 19.2. The average molecular weight is 406 g/mol. The Labute approximate surface area is 176 Å². The molecule has 1 aliphatic rings. The third kappa shape index (κ3) is 4.76. The molecule has 4 rings (SSSR count). The van der Waals surface area contributed by atoms with Crippen molar-refractivity contribution >= 4 is 11.6 Å². The van der Waals surface area contributed by atoms with Gasteiger partial charge in [-0.1, -0.05) is 24.3 Å². The van der Waals surface area contributed by atoms with Crippen molar-refractivity contribution in [1.82, 2.24) is 5.32 Å². The van der Waals surface area contributed by atoms with Crippen LogP contribution in [0.3, 0.4) is 0 Å². The number of methoxy groups -OCH3 is 1. The first kappa shape index (κ1) is 19.9. The molecule has 0 radical (unpaired) electrons. The molecule has 1 N–H and O–H groups in total. The Hall–Kier alpha value is -3.41. The first-order chi connectivity index (χ1) is 14.7. The number of carbonyl (C=O) groups excluding carboxylic acids is 1. The monoisotopic (exact) mass is 406 g/mol. The molecule has 0 aliphatic carbocycles. The first-order valence-corrected chi connectivity index (χ1v) is 10.2. The van der Waals surface area contributed by atoms with Crippen molar-refractivity contribution in [1.29, 1.82) is 0 Å². The van der Waals surface area contributed by atoms with Gasteiger partial charge in [-0.15, -0.1) is 0 Å². The molecule has 1 aliphatic heterocycles. The van der Waals surface area contributed by atoms with E-state index < -0.39 is 0 Å². The number of ether oxygens (including phenoxy) is 2. The van der Waals surface area contributed by atoms with Crippen molar-refractivity contribution in [3.63, 3.8) is 0 Å². The van der Waals surface area contributed by atoms with E-state index in [0.717, 1.165) is 18.7 Å². The summed E-state index contributed by atoms with van der Waals surface area (Å²) in [5, 5.41) is 2.90. The second-order valence-electron chi connectivity index (χ2n) is 7.25. The van der Waals surface area contributed by atoms with Crippen LogP contribution in [0.15, 0.2) is 65.1 Å². The van der Waals surface area contributed by atoms with Gasteiger partial charge in [-0.25, -0.2) is 0 Å². The number of nitrogens with one attached hydrogen (secondary N) is 1. The van der Waals surface area contributed by atoms with Gasteiger partial charge in [0.25, 0.3) is 5.91 Å². The number of rotatable bonds is 8. The van der Waals surface area contributed by atoms with Gasteiger partial charge < -0.3 is 24.1 Å². The predicted octanol–water partition coefficient (Wildman–Crippen LogP) is 4.40. The normalized spacial score (nSPS) is 13.3. The summed E-state index contributed by atoms with van der Waals surface area (Å²) in [5.74, 6) is 1.86. The SMILES string of the molecule is COc1ccccc1OCc1ccc(C(=O)NCc2ccc(N3CCCC3)cc2)o1. The van der Waals surface area contributed by atoms with Crippen molar-refractivity contribution < 1.29 is 18.7 Å². The molecule has 156 valence electrons. The quantitative estimate of drug-likeness (QED) is 0.601. The first-order valence-electron chi connectivity index (χ1n) is 10.2. The van der Waals surface area contributed by atoms with E-state index in [4.69, 9.17) is 13.9 Å². The average Bonchev–Trinajstić information content (AvgIpc) is 3.49. The second kappa shape index (κ2) is 9.39. The highest BCUT2D eigenvalue weighted by Gasteiger charge is 2.14. The Kier molecular flexibility index (Phi) is 6.23. The van der Waals surface area contributed by atoms with Gasteiger partial charge in [0.2, 0.25) is 0 Å². The number of furan rings is 1. The van der Waals surface area contributed by atoms with Crippen LogP contribution in [-0.2, 0) is 13.2 Å². The molecular formula is C24H26N2O4. The molecule has 6 nitrogen and oxygen atoms in total. The Bertz CT molecular complexity index is 975. The van der Waals surface area contributed by atoms with Crippen LogP contribution >= 0.6 is 0 Å². The highest BCUT2D eigenvalue weighted by molar-refractivity contribution is 5.91. The molecule has 6 heteroatoms. The van der Waals surface area contributed by atoms with Gasteiger partial charge in [0.05, 0.1) is 7.11 Å². The van der Waals surface area contributed by atoms with Crippen molar-refractivity contribution in [3.8, 4) is 11.5 Å². The van der Waals surface area contributed by atoms with E-state index in [-0.39, 0.29) is 18.3 Å². The van der Waals surface area contributed by atoms with E-state index in [0.29, 0.717) is 23.8 Å². The molecule has 1 fully saturated rings. The van der Waals surface area contributed by atoms with Crippen LogP contribution in [-0.4, -0.2) is 26.1 Å². The Morgan fingerprint density at radius 2 is 1.73 bits per heavy atom. The van der Waals surface area contributed by atoms with Crippen molar-refractivity contribution in [2.24, 2.45) is 0 Å². The van der Waals surface area contributed by atoms with E-state index >= 15 is 0 Å². The minimum absolute atomic E-state index is 0.214. The maximum atomic E-state index is 12.4. The number of anilines is 1. The number of hydrogen-bond donors (Lipinski definition) is 1. The van der Waals surface area contributed by atoms with Gasteiger partial charge in [-0.3, -0.25) is 4.79 Å². The number of amides is 1. The highest BCUT2D eigenvalue weighted by atomic mass is 16.5. The summed E-state index contributed by atoms with van der Waals surface area (Å²) in [6.07, 6.45) is 2.51. The second-order valence-corrected chi connectivity index (χ2v) is 7.25. The number of benzene rings is 2. The zero-order valence-corrected chi connectivity index (χ0v) is 17.1. The van der Waals surface area contributed by atoms with E-state index in [1.807, 2.05) is 24.3 Å². The van der Waals surface area contributed by atoms with Crippen molar-refractivity contribution in [2.75, 3.05) is 25.1 Å². The zero-order chi connectivity index (χ0) is 20.8. The topological polar surface area (TPSA) is 63.9 Å². The van der Waals surface area contributed by atoms with E-state index in [1.54, 1.807) is 19.2 Å². The van der Waals surface area contributed by atoms with Gasteiger partial charge in [0.1, 0.15) is 12.4 Å². The predicted molar refractivity (Wildman–Crippen MR) is 115 cm³/mol. The third-order valence-corrected chi connectivity index (χ3v) is 5.19. The zero-order valence-electron chi connectivity index (χ0n) is 17.1. The van der Waals surface area contributed by atoms with Gasteiger partial charge in [-0.2, -0.15) is 0 Å². The summed E-state index contributed by atoms with van der Waals surface area (Å²) < 4.78 is 16.6. The summed E-state index contributed by atoms with van der Waals surface area (Å²) >= 11 is 0. The standard InChI is InChI=1S/C24H26N2O4/c1-28-21-6-2-3-7-22(21)29-17-20-12-13-23(30-20)24(27)25-16-18-8-10-19(11-9-18)26-14-4-5-15-26/h2-3,6-13H,4-5,14-17H2,1H3,(H,25,27). The fourth-order valence-electron chi connectivity index (χ4n) is 3.53. The number of nitrogens with zero attached hydrogens (tertiary/aromatic N) is 1. The summed E-state index contributed by atoms with van der Waals surface area (Å²) in [6.45, 7) is 2.91. The number of hydrogen-bond acceptors (Lipinski definition) is 5. The van der Waals surface area contributed by atoms with E-state index in [2.05, 4.69) is 34.5 Å². The lowest BCUT2D eigenvalue weighted by atomic mass is 10.2. The highest BCUT2D eigenvalue weighted by Crippen LogP contribution is 2.27. The van der Waals surface area contributed by atoms with Crippen LogP contribution in [0, 0.1) is 0 Å². The largest absolute Gasteiger partial charge is 0.493 e. The van der Waals surface area contributed by atoms with E-state index in [9.17, 15) is 4.79 Å². The molecule has 2 aromatic carbocycles. The molecule has 0 bridgehead atoms. The molecule has 1 amide bonds. The molecule has 0 saturated carbocycles. The molecule has 2 heterocycles. The molecule has 0 atom stereocenters. The maximum absolute atomic E-state index is 12.4. The molecular weight excluding hydrogens is 380 g/mol. The minimum atomic E-state index is -0.248. The minimum Gasteiger partial charge on any atom is -0.493 e. The van der Waals surface area contributed by atoms with Crippen LogP contribution in [0.1, 0.15) is 34.7 Å². The van der Waals surface area contributed by atoms with Gasteiger partial charge in [0, 0.05) is 25.3 Å². The van der Waals surface area contributed by atoms with Crippen LogP contribution in [0.2, 0.25) is 0 Å². The van der Waals surface area contributed by atoms with Crippen molar-refractivity contribution in [2.45, 2.75) is 26.0 Å². The van der Waals surface area contributed by atoms with Crippen LogP contribution in [0.25, 0.3) is 0 Å². The smallest absolute Gasteiger partial charge is 0.287 e.